The molecule has 1 spiro atoms. The largest absolute Gasteiger partial charge is 0.480 e. The molecule has 8 heteroatoms. The number of amides is 1. The van der Waals surface area contributed by atoms with Gasteiger partial charge in [0, 0.05) is 17.7 Å². The van der Waals surface area contributed by atoms with E-state index in [0.29, 0.717) is 25.8 Å². The van der Waals surface area contributed by atoms with Crippen LogP contribution in [0.4, 0.5) is 0 Å². The van der Waals surface area contributed by atoms with E-state index in [-0.39, 0.29) is 11.3 Å². The third-order valence-electron chi connectivity index (χ3n) is 5.95. The third-order valence-corrected chi connectivity index (χ3v) is 7.25. The van der Waals surface area contributed by atoms with E-state index in [9.17, 15) is 24.6 Å². The Morgan fingerprint density at radius 2 is 2.00 bits per heavy atom. The second kappa shape index (κ2) is 9.17. The number of rotatable bonds is 8. The van der Waals surface area contributed by atoms with Crippen LogP contribution < -0.4 is 5.32 Å². The summed E-state index contributed by atoms with van der Waals surface area (Å²) in [7, 11) is 0. The number of thioether (sulfide) groups is 1. The summed E-state index contributed by atoms with van der Waals surface area (Å²) < 4.78 is 0. The fourth-order valence-corrected chi connectivity index (χ4v) is 5.81. The molecule has 2 aliphatic heterocycles. The minimum Gasteiger partial charge on any atom is -0.480 e. The fraction of sp³-hybridized carbons (Fsp3) is 0.571. The van der Waals surface area contributed by atoms with Gasteiger partial charge in [-0.15, -0.1) is 0 Å². The van der Waals surface area contributed by atoms with E-state index in [1.54, 1.807) is 18.7 Å². The summed E-state index contributed by atoms with van der Waals surface area (Å²) in [6.07, 6.45) is 2.32. The molecule has 1 amide bonds. The van der Waals surface area contributed by atoms with Crippen molar-refractivity contribution in [3.63, 3.8) is 0 Å². The maximum Gasteiger partial charge on any atom is 0.326 e. The van der Waals surface area contributed by atoms with Gasteiger partial charge in [0.1, 0.15) is 12.1 Å². The smallest absolute Gasteiger partial charge is 0.326 e. The van der Waals surface area contributed by atoms with Gasteiger partial charge in [0.2, 0.25) is 5.91 Å². The SMILES string of the molecule is CC(N[C@@H](CCc1ccccc1)C(=O)O)C(=O)N1CC2(CCSC2)C[C@H]1C(=O)O. The van der Waals surface area contributed by atoms with Gasteiger partial charge < -0.3 is 15.1 Å². The van der Waals surface area contributed by atoms with Crippen molar-refractivity contribution in [3.8, 4) is 0 Å². The lowest BCUT2D eigenvalue weighted by Gasteiger charge is -2.28. The van der Waals surface area contributed by atoms with Crippen molar-refractivity contribution in [2.75, 3.05) is 18.1 Å². The van der Waals surface area contributed by atoms with Crippen LogP contribution in [0.1, 0.15) is 31.7 Å². The van der Waals surface area contributed by atoms with Crippen molar-refractivity contribution >= 4 is 29.6 Å². The zero-order chi connectivity index (χ0) is 21.0. The van der Waals surface area contributed by atoms with Gasteiger partial charge in [-0.2, -0.15) is 11.8 Å². The number of carbonyl (C=O) groups excluding carboxylic acids is 1. The second-order valence-electron chi connectivity index (χ2n) is 8.13. The molecule has 2 saturated heterocycles. The van der Waals surface area contributed by atoms with Crippen molar-refractivity contribution in [2.45, 2.75) is 50.7 Å². The molecule has 2 fully saturated rings. The van der Waals surface area contributed by atoms with Crippen LogP contribution in [0.15, 0.2) is 30.3 Å². The van der Waals surface area contributed by atoms with Crippen LogP contribution in [0.25, 0.3) is 0 Å². The summed E-state index contributed by atoms with van der Waals surface area (Å²) in [5.74, 6) is -0.476. The third kappa shape index (κ3) is 5.11. The van der Waals surface area contributed by atoms with Crippen molar-refractivity contribution in [3.05, 3.63) is 35.9 Å². The summed E-state index contributed by atoms with van der Waals surface area (Å²) in [4.78, 5) is 37.9. The molecule has 1 aromatic rings. The van der Waals surface area contributed by atoms with E-state index >= 15 is 0 Å². The van der Waals surface area contributed by atoms with Gasteiger partial charge in [0.15, 0.2) is 0 Å². The number of carbonyl (C=O) groups is 3. The van der Waals surface area contributed by atoms with Gasteiger partial charge in [-0.3, -0.25) is 14.9 Å². The first kappa shape index (κ1) is 21.6. The number of benzene rings is 1. The molecule has 0 radical (unpaired) electrons. The molecule has 0 aromatic heterocycles. The molecule has 29 heavy (non-hydrogen) atoms. The molecule has 158 valence electrons. The first-order valence-electron chi connectivity index (χ1n) is 9.95. The predicted octanol–water partition coefficient (Wildman–Crippen LogP) is 1.86. The Kier molecular flexibility index (Phi) is 6.85. The van der Waals surface area contributed by atoms with Crippen LogP contribution in [0.3, 0.4) is 0 Å². The highest BCUT2D eigenvalue weighted by molar-refractivity contribution is 7.99. The van der Waals surface area contributed by atoms with Crippen LogP contribution >= 0.6 is 11.8 Å². The molecule has 1 aromatic carbocycles. The van der Waals surface area contributed by atoms with Crippen LogP contribution in [0.5, 0.6) is 0 Å². The molecule has 7 nitrogen and oxygen atoms in total. The Balaban J connectivity index is 1.64. The number of hydrogen-bond acceptors (Lipinski definition) is 5. The highest BCUT2D eigenvalue weighted by Gasteiger charge is 2.50. The molecule has 0 saturated carbocycles. The van der Waals surface area contributed by atoms with Gasteiger partial charge in [-0.1, -0.05) is 30.3 Å². The van der Waals surface area contributed by atoms with E-state index < -0.39 is 30.1 Å². The first-order valence-corrected chi connectivity index (χ1v) is 11.1. The summed E-state index contributed by atoms with van der Waals surface area (Å²) in [6, 6.07) is 7.11. The van der Waals surface area contributed by atoms with Crippen molar-refractivity contribution in [1.29, 1.82) is 0 Å². The topological polar surface area (TPSA) is 107 Å². The molecule has 2 heterocycles. The summed E-state index contributed by atoms with van der Waals surface area (Å²) in [5.41, 5.74) is 0.911. The minimum absolute atomic E-state index is 0.122. The Morgan fingerprint density at radius 3 is 2.59 bits per heavy atom. The molecule has 2 aliphatic rings. The number of hydrogen-bond donors (Lipinski definition) is 3. The molecular formula is C21H28N2O5S. The number of nitrogens with zero attached hydrogens (tertiary/aromatic N) is 1. The minimum atomic E-state index is -1.01. The van der Waals surface area contributed by atoms with Gasteiger partial charge >= 0.3 is 11.9 Å². The quantitative estimate of drug-likeness (QED) is 0.589. The fourth-order valence-electron chi connectivity index (χ4n) is 4.30. The second-order valence-corrected chi connectivity index (χ2v) is 9.24. The van der Waals surface area contributed by atoms with Gasteiger partial charge in [0.25, 0.3) is 0 Å². The van der Waals surface area contributed by atoms with Gasteiger partial charge in [0.05, 0.1) is 6.04 Å². The molecule has 0 aliphatic carbocycles. The molecule has 2 unspecified atom stereocenters. The maximum atomic E-state index is 13.0. The van der Waals surface area contributed by atoms with E-state index in [1.807, 2.05) is 30.3 Å². The lowest BCUT2D eigenvalue weighted by atomic mass is 9.85. The van der Waals surface area contributed by atoms with Crippen molar-refractivity contribution in [1.82, 2.24) is 10.2 Å². The lowest BCUT2D eigenvalue weighted by molar-refractivity contribution is -0.149. The molecule has 3 N–H and O–H groups in total. The average molecular weight is 421 g/mol. The number of carboxylic acid groups (broad SMARTS) is 2. The van der Waals surface area contributed by atoms with Crippen molar-refractivity contribution < 1.29 is 24.6 Å². The van der Waals surface area contributed by atoms with Crippen LogP contribution in [-0.4, -0.2) is 69.1 Å². The Morgan fingerprint density at radius 1 is 1.28 bits per heavy atom. The molecular weight excluding hydrogens is 392 g/mol. The standard InChI is InChI=1S/C21H28N2O5S/c1-14(22-16(19(25)26)8-7-15-5-3-2-4-6-15)18(24)23-12-21(9-10-29-13-21)11-17(23)20(27)28/h2-6,14,16-17,22H,7-13H2,1H3,(H,25,26)(H,27,28)/t14?,16-,17-,21?/m0/s1. The zero-order valence-corrected chi connectivity index (χ0v) is 17.4. The van der Waals surface area contributed by atoms with E-state index in [4.69, 9.17) is 0 Å². The molecule has 4 atom stereocenters. The zero-order valence-electron chi connectivity index (χ0n) is 16.5. The normalized spacial score (nSPS) is 25.8. The summed E-state index contributed by atoms with van der Waals surface area (Å²) in [5, 5.41) is 22.1. The highest BCUT2D eigenvalue weighted by Crippen LogP contribution is 2.46. The Bertz CT molecular complexity index is 751. The van der Waals surface area contributed by atoms with E-state index in [2.05, 4.69) is 5.32 Å². The van der Waals surface area contributed by atoms with Gasteiger partial charge in [-0.25, -0.2) is 4.79 Å². The Labute approximate surface area is 174 Å². The van der Waals surface area contributed by atoms with Crippen LogP contribution in [0, 0.1) is 5.41 Å². The van der Waals surface area contributed by atoms with Crippen LogP contribution in [0.2, 0.25) is 0 Å². The number of nitrogens with one attached hydrogen (secondary N) is 1. The predicted molar refractivity (Wildman–Crippen MR) is 111 cm³/mol. The monoisotopic (exact) mass is 420 g/mol. The number of aryl methyl sites for hydroxylation is 1. The highest BCUT2D eigenvalue weighted by atomic mass is 32.2. The Hall–Kier alpha value is -2.06. The summed E-state index contributed by atoms with van der Waals surface area (Å²) in [6.45, 7) is 2.05. The average Bonchev–Trinajstić information content (AvgIpc) is 3.32. The number of likely N-dealkylation sites (tertiary alicyclic amines) is 1. The van der Waals surface area contributed by atoms with Crippen molar-refractivity contribution in [2.24, 2.45) is 5.41 Å². The molecule has 3 rings (SSSR count). The lowest BCUT2D eigenvalue weighted by Crippen LogP contribution is -2.53. The van der Waals surface area contributed by atoms with Crippen LogP contribution in [-0.2, 0) is 20.8 Å². The molecule has 0 bridgehead atoms. The van der Waals surface area contributed by atoms with E-state index in [0.717, 1.165) is 23.5 Å². The number of aliphatic carboxylic acids is 2. The van der Waals surface area contributed by atoms with Gasteiger partial charge in [-0.05, 0) is 43.9 Å². The first-order chi connectivity index (χ1) is 13.8. The maximum absolute atomic E-state index is 13.0. The van der Waals surface area contributed by atoms with E-state index in [1.165, 1.54) is 4.90 Å². The summed E-state index contributed by atoms with van der Waals surface area (Å²) >= 11 is 1.80. The number of carboxylic acids is 2.